The number of carbonyl (C=O) groups is 2. The van der Waals surface area contributed by atoms with E-state index in [1.807, 2.05) is 31.2 Å². The maximum atomic E-state index is 13.8. The first-order valence-corrected chi connectivity index (χ1v) is 8.94. The molecular weight excluding hydrogens is 347 g/mol. The summed E-state index contributed by atoms with van der Waals surface area (Å²) in [6.07, 6.45) is 0.360. The third-order valence-corrected chi connectivity index (χ3v) is 4.76. The average Bonchev–Trinajstić information content (AvgIpc) is 2.67. The summed E-state index contributed by atoms with van der Waals surface area (Å²) in [5.41, 5.74) is 2.41. The predicted octanol–water partition coefficient (Wildman–Crippen LogP) is 2.67. The molecule has 0 aliphatic carbocycles. The average molecular weight is 370 g/mol. The maximum Gasteiger partial charge on any atom is 0.254 e. The Morgan fingerprint density at radius 3 is 2.37 bits per heavy atom. The van der Waals surface area contributed by atoms with Crippen LogP contribution in [0.25, 0.3) is 0 Å². The molecule has 2 aromatic carbocycles. The minimum Gasteiger partial charge on any atom is -0.494 e. The highest BCUT2D eigenvalue weighted by molar-refractivity contribution is 5.94. The summed E-state index contributed by atoms with van der Waals surface area (Å²) in [7, 11) is 1.38. The van der Waals surface area contributed by atoms with E-state index in [4.69, 9.17) is 4.74 Å². The molecule has 0 aromatic heterocycles. The Labute approximate surface area is 158 Å². The zero-order valence-electron chi connectivity index (χ0n) is 15.6. The lowest BCUT2D eigenvalue weighted by molar-refractivity contribution is -0.131. The molecule has 2 amide bonds. The van der Waals surface area contributed by atoms with E-state index in [-0.39, 0.29) is 23.1 Å². The second-order valence-corrected chi connectivity index (χ2v) is 6.69. The van der Waals surface area contributed by atoms with Crippen molar-refractivity contribution in [3.8, 4) is 5.75 Å². The van der Waals surface area contributed by atoms with E-state index in [1.54, 1.807) is 15.9 Å². The molecule has 3 rings (SSSR count). The number of hydrogen-bond acceptors (Lipinski definition) is 3. The standard InChI is InChI=1S/C21H23FN2O3/c1-15-4-3-5-16(12-15)13-20(25)23-8-10-24(11-9-23)21(26)17-6-7-19(27-2)18(22)14-17/h3-7,12,14H,8-11,13H2,1-2H3. The van der Waals surface area contributed by atoms with Gasteiger partial charge in [-0.05, 0) is 30.7 Å². The van der Waals surface area contributed by atoms with E-state index in [0.717, 1.165) is 11.1 Å². The molecule has 1 aliphatic heterocycles. The minimum absolute atomic E-state index is 0.0585. The van der Waals surface area contributed by atoms with Crippen molar-refractivity contribution in [3.05, 3.63) is 65.0 Å². The van der Waals surface area contributed by atoms with Crippen molar-refractivity contribution in [3.63, 3.8) is 0 Å². The number of hydrogen-bond donors (Lipinski definition) is 0. The van der Waals surface area contributed by atoms with Gasteiger partial charge in [-0.25, -0.2) is 4.39 Å². The smallest absolute Gasteiger partial charge is 0.254 e. The summed E-state index contributed by atoms with van der Waals surface area (Å²) < 4.78 is 18.7. The van der Waals surface area contributed by atoms with Gasteiger partial charge in [-0.2, -0.15) is 0 Å². The zero-order chi connectivity index (χ0) is 19.4. The van der Waals surface area contributed by atoms with Crippen LogP contribution in [0.1, 0.15) is 21.5 Å². The SMILES string of the molecule is COc1ccc(C(=O)N2CCN(C(=O)Cc3cccc(C)c3)CC2)cc1F. The summed E-state index contributed by atoms with van der Waals surface area (Å²) in [6.45, 7) is 3.84. The van der Waals surface area contributed by atoms with Gasteiger partial charge in [0, 0.05) is 31.7 Å². The highest BCUT2D eigenvalue weighted by Gasteiger charge is 2.25. The van der Waals surface area contributed by atoms with Crippen LogP contribution in [-0.4, -0.2) is 54.9 Å². The molecule has 0 spiro atoms. The van der Waals surface area contributed by atoms with E-state index in [9.17, 15) is 14.0 Å². The third-order valence-electron chi connectivity index (χ3n) is 4.76. The molecule has 1 heterocycles. The largest absolute Gasteiger partial charge is 0.494 e. The maximum absolute atomic E-state index is 13.8. The number of ether oxygens (including phenoxy) is 1. The molecule has 0 bridgehead atoms. The first kappa shape index (κ1) is 18.9. The van der Waals surface area contributed by atoms with Crippen LogP contribution in [0.4, 0.5) is 4.39 Å². The number of carbonyl (C=O) groups excluding carboxylic acids is 2. The van der Waals surface area contributed by atoms with Crippen molar-refractivity contribution in [2.24, 2.45) is 0 Å². The van der Waals surface area contributed by atoms with Crippen molar-refractivity contribution >= 4 is 11.8 Å². The summed E-state index contributed by atoms with van der Waals surface area (Å²) in [5.74, 6) is -0.626. The van der Waals surface area contributed by atoms with Gasteiger partial charge in [0.25, 0.3) is 5.91 Å². The van der Waals surface area contributed by atoms with Gasteiger partial charge < -0.3 is 14.5 Å². The van der Waals surface area contributed by atoms with E-state index in [1.165, 1.54) is 19.2 Å². The van der Waals surface area contributed by atoms with E-state index >= 15 is 0 Å². The lowest BCUT2D eigenvalue weighted by atomic mass is 10.1. The first-order valence-electron chi connectivity index (χ1n) is 8.94. The van der Waals surface area contributed by atoms with Gasteiger partial charge in [-0.15, -0.1) is 0 Å². The summed E-state index contributed by atoms with van der Waals surface area (Å²) >= 11 is 0. The number of amides is 2. The Kier molecular flexibility index (Phi) is 5.74. The molecular formula is C21H23FN2O3. The molecule has 142 valence electrons. The monoisotopic (exact) mass is 370 g/mol. The van der Waals surface area contributed by atoms with Gasteiger partial charge in [0.15, 0.2) is 11.6 Å². The van der Waals surface area contributed by atoms with E-state index < -0.39 is 5.82 Å². The number of benzene rings is 2. The normalized spacial score (nSPS) is 14.2. The molecule has 0 radical (unpaired) electrons. The molecule has 2 aromatic rings. The lowest BCUT2D eigenvalue weighted by Crippen LogP contribution is -2.51. The fraction of sp³-hybridized carbons (Fsp3) is 0.333. The van der Waals surface area contributed by atoms with Crippen LogP contribution >= 0.6 is 0 Å². The van der Waals surface area contributed by atoms with Crippen LogP contribution in [0.15, 0.2) is 42.5 Å². The fourth-order valence-electron chi connectivity index (χ4n) is 3.25. The van der Waals surface area contributed by atoms with Crippen molar-refractivity contribution in [1.82, 2.24) is 9.80 Å². The molecule has 0 atom stereocenters. The van der Waals surface area contributed by atoms with E-state index in [2.05, 4.69) is 0 Å². The summed E-state index contributed by atoms with van der Waals surface area (Å²) in [5, 5.41) is 0. The number of aryl methyl sites for hydroxylation is 1. The summed E-state index contributed by atoms with van der Waals surface area (Å²) in [6, 6.07) is 12.1. The summed E-state index contributed by atoms with van der Waals surface area (Å²) in [4.78, 5) is 28.5. The zero-order valence-corrected chi connectivity index (χ0v) is 15.6. The Bertz CT molecular complexity index is 845. The second-order valence-electron chi connectivity index (χ2n) is 6.69. The Morgan fingerprint density at radius 1 is 1.04 bits per heavy atom. The highest BCUT2D eigenvalue weighted by atomic mass is 19.1. The van der Waals surface area contributed by atoms with Crippen LogP contribution in [0.2, 0.25) is 0 Å². The van der Waals surface area contributed by atoms with Crippen LogP contribution in [0, 0.1) is 12.7 Å². The van der Waals surface area contributed by atoms with Crippen LogP contribution in [-0.2, 0) is 11.2 Å². The molecule has 0 saturated carbocycles. The molecule has 6 heteroatoms. The molecule has 1 aliphatic rings. The van der Waals surface area contributed by atoms with Crippen molar-refractivity contribution in [1.29, 1.82) is 0 Å². The second kappa shape index (κ2) is 8.20. The van der Waals surface area contributed by atoms with Gasteiger partial charge in [-0.3, -0.25) is 9.59 Å². The van der Waals surface area contributed by atoms with Crippen molar-refractivity contribution < 1.29 is 18.7 Å². The van der Waals surface area contributed by atoms with Gasteiger partial charge in [-0.1, -0.05) is 29.8 Å². The number of nitrogens with zero attached hydrogens (tertiary/aromatic N) is 2. The van der Waals surface area contributed by atoms with E-state index in [0.29, 0.717) is 32.6 Å². The Hall–Kier alpha value is -2.89. The van der Waals surface area contributed by atoms with Gasteiger partial charge >= 0.3 is 0 Å². The molecule has 5 nitrogen and oxygen atoms in total. The molecule has 1 saturated heterocycles. The van der Waals surface area contributed by atoms with Crippen molar-refractivity contribution in [2.45, 2.75) is 13.3 Å². The van der Waals surface area contributed by atoms with Gasteiger partial charge in [0.2, 0.25) is 5.91 Å². The third kappa shape index (κ3) is 4.45. The Balaban J connectivity index is 1.57. The molecule has 27 heavy (non-hydrogen) atoms. The van der Waals surface area contributed by atoms with Crippen LogP contribution < -0.4 is 4.74 Å². The first-order chi connectivity index (χ1) is 13.0. The quantitative estimate of drug-likeness (QED) is 0.831. The topological polar surface area (TPSA) is 49.9 Å². The van der Waals surface area contributed by atoms with Gasteiger partial charge in [0.05, 0.1) is 13.5 Å². The van der Waals surface area contributed by atoms with Crippen LogP contribution in [0.5, 0.6) is 5.75 Å². The number of halogens is 1. The predicted molar refractivity (Wildman–Crippen MR) is 100 cm³/mol. The molecule has 0 N–H and O–H groups in total. The van der Waals surface area contributed by atoms with Gasteiger partial charge in [0.1, 0.15) is 0 Å². The van der Waals surface area contributed by atoms with Crippen molar-refractivity contribution in [2.75, 3.05) is 33.3 Å². The number of methoxy groups -OCH3 is 1. The number of piperazine rings is 1. The number of rotatable bonds is 4. The fourth-order valence-corrected chi connectivity index (χ4v) is 3.25. The highest BCUT2D eigenvalue weighted by Crippen LogP contribution is 2.19. The lowest BCUT2D eigenvalue weighted by Gasteiger charge is -2.35. The van der Waals surface area contributed by atoms with Crippen LogP contribution in [0.3, 0.4) is 0 Å². The molecule has 1 fully saturated rings. The Morgan fingerprint density at radius 2 is 1.74 bits per heavy atom. The minimum atomic E-state index is -0.560. The molecule has 0 unspecified atom stereocenters.